The van der Waals surface area contributed by atoms with Gasteiger partial charge < -0.3 is 10.6 Å². The highest BCUT2D eigenvalue weighted by Gasteiger charge is 2.26. The third kappa shape index (κ3) is 2.48. The van der Waals surface area contributed by atoms with E-state index in [-0.39, 0.29) is 12.4 Å². The van der Waals surface area contributed by atoms with Crippen LogP contribution in [0, 0.1) is 0 Å². The number of hydrogen-bond acceptors (Lipinski definition) is 5. The van der Waals surface area contributed by atoms with E-state index in [1.807, 2.05) is 0 Å². The van der Waals surface area contributed by atoms with Crippen LogP contribution in [0.5, 0.6) is 0 Å². The molecule has 0 aliphatic carbocycles. The Kier molecular flexibility index (Phi) is 4.13. The molecule has 0 aromatic carbocycles. The maximum Gasteiger partial charge on any atom is 0.205 e. The van der Waals surface area contributed by atoms with Crippen LogP contribution >= 0.6 is 24.0 Å². The van der Waals surface area contributed by atoms with E-state index in [4.69, 9.17) is 11.6 Å². The zero-order chi connectivity index (χ0) is 12.7. The molecule has 2 N–H and O–H groups in total. The van der Waals surface area contributed by atoms with Crippen molar-refractivity contribution in [2.45, 2.75) is 25.9 Å². The second kappa shape index (κ2) is 5.48. The van der Waals surface area contributed by atoms with Gasteiger partial charge in [0.2, 0.25) is 5.95 Å². The van der Waals surface area contributed by atoms with Crippen molar-refractivity contribution in [2.24, 2.45) is 0 Å². The lowest BCUT2D eigenvalue weighted by molar-refractivity contribution is 0.351. The minimum absolute atomic E-state index is 0. The van der Waals surface area contributed by atoms with Crippen molar-refractivity contribution in [3.05, 3.63) is 11.5 Å². The van der Waals surface area contributed by atoms with Gasteiger partial charge in [0.05, 0.1) is 6.04 Å². The second-order valence-electron chi connectivity index (χ2n) is 4.75. The van der Waals surface area contributed by atoms with E-state index >= 15 is 0 Å². The fraction of sp³-hybridized carbons (Fsp3) is 0.545. The Morgan fingerprint density at radius 3 is 2.74 bits per heavy atom. The first-order chi connectivity index (χ1) is 8.66. The summed E-state index contributed by atoms with van der Waals surface area (Å²) in [7, 11) is 0. The van der Waals surface area contributed by atoms with Crippen LogP contribution in [0.15, 0.2) is 6.33 Å². The molecule has 0 amide bonds. The number of halogens is 2. The van der Waals surface area contributed by atoms with E-state index < -0.39 is 0 Å². The molecule has 6 nitrogen and oxygen atoms in total. The van der Waals surface area contributed by atoms with Crippen molar-refractivity contribution in [3.8, 4) is 0 Å². The van der Waals surface area contributed by atoms with Crippen LogP contribution in [0.25, 0.3) is 11.2 Å². The summed E-state index contributed by atoms with van der Waals surface area (Å²) in [4.78, 5) is 12.8. The lowest BCUT2D eigenvalue weighted by Crippen LogP contribution is -2.43. The van der Waals surface area contributed by atoms with Crippen molar-refractivity contribution in [2.75, 3.05) is 18.4 Å². The molecule has 0 radical (unpaired) electrons. The molecule has 2 aromatic heterocycles. The quantitative estimate of drug-likeness (QED) is 0.847. The summed E-state index contributed by atoms with van der Waals surface area (Å²) >= 11 is 6.07. The molecule has 104 valence electrons. The molecule has 0 spiro atoms. The molecule has 3 heterocycles. The number of aromatic nitrogens is 4. The van der Waals surface area contributed by atoms with Crippen molar-refractivity contribution in [3.63, 3.8) is 0 Å². The molecule has 3 rings (SSSR count). The van der Waals surface area contributed by atoms with Gasteiger partial charge in [0.25, 0.3) is 0 Å². The molecular weight excluding hydrogens is 287 g/mol. The Balaban J connectivity index is 0.00000133. The van der Waals surface area contributed by atoms with E-state index in [2.05, 4.69) is 44.0 Å². The van der Waals surface area contributed by atoms with Gasteiger partial charge in [-0.15, -0.1) is 12.4 Å². The topological polar surface area (TPSA) is 67.7 Å². The molecule has 2 aromatic rings. The molecule has 1 saturated heterocycles. The molecule has 0 unspecified atom stereocenters. The van der Waals surface area contributed by atoms with Gasteiger partial charge in [-0.05, 0) is 13.8 Å². The summed E-state index contributed by atoms with van der Waals surface area (Å²) < 4.78 is 2.11. The van der Waals surface area contributed by atoms with Gasteiger partial charge in [-0.25, -0.2) is 15.0 Å². The largest absolute Gasteiger partial charge is 0.353 e. The minimum atomic E-state index is 0. The summed E-state index contributed by atoms with van der Waals surface area (Å²) in [5.74, 6) is 0.814. The van der Waals surface area contributed by atoms with Crippen LogP contribution in [0.2, 0.25) is 5.15 Å². The third-order valence-electron chi connectivity index (χ3n) is 2.98. The fourth-order valence-electron chi connectivity index (χ4n) is 2.04. The van der Waals surface area contributed by atoms with Crippen LogP contribution in [-0.4, -0.2) is 38.7 Å². The Labute approximate surface area is 122 Å². The number of anilines is 1. The predicted molar refractivity (Wildman–Crippen MR) is 78.2 cm³/mol. The van der Waals surface area contributed by atoms with E-state index in [1.165, 1.54) is 6.33 Å². The number of rotatable bonds is 3. The summed E-state index contributed by atoms with van der Waals surface area (Å²) in [6, 6.07) is 0.683. The molecule has 1 fully saturated rings. The molecule has 0 atom stereocenters. The van der Waals surface area contributed by atoms with E-state index in [0.717, 1.165) is 24.7 Å². The van der Waals surface area contributed by atoms with Gasteiger partial charge in [0.1, 0.15) is 11.8 Å². The molecule has 8 heteroatoms. The average Bonchev–Trinajstić information content (AvgIpc) is 2.56. The smallest absolute Gasteiger partial charge is 0.205 e. The number of hydrogen-bond donors (Lipinski definition) is 2. The maximum absolute atomic E-state index is 6.07. The first-order valence-corrected chi connectivity index (χ1v) is 6.40. The average molecular weight is 303 g/mol. The molecule has 0 saturated carbocycles. The number of fused-ring (bicyclic) bond motifs is 1. The molecule has 1 aliphatic rings. The zero-order valence-electron chi connectivity index (χ0n) is 10.7. The van der Waals surface area contributed by atoms with Crippen molar-refractivity contribution < 1.29 is 0 Å². The molecule has 1 aliphatic heterocycles. The maximum atomic E-state index is 6.07. The van der Waals surface area contributed by atoms with Crippen molar-refractivity contribution in [1.29, 1.82) is 0 Å². The number of imidazole rings is 1. The first-order valence-electron chi connectivity index (χ1n) is 6.02. The SMILES string of the molecule is CC(C)Nc1nc2c(Cl)ncnc2n1C1CNC1.Cl. The zero-order valence-corrected chi connectivity index (χ0v) is 12.3. The normalized spacial score (nSPS) is 15.4. The van der Waals surface area contributed by atoms with Gasteiger partial charge in [-0.2, -0.15) is 0 Å². The summed E-state index contributed by atoms with van der Waals surface area (Å²) in [6.07, 6.45) is 1.48. The van der Waals surface area contributed by atoms with Crippen LogP contribution in [0.3, 0.4) is 0 Å². The van der Waals surface area contributed by atoms with Crippen LogP contribution < -0.4 is 10.6 Å². The first kappa shape index (κ1) is 14.3. The monoisotopic (exact) mass is 302 g/mol. The van der Waals surface area contributed by atoms with Gasteiger partial charge in [0, 0.05) is 19.1 Å². The van der Waals surface area contributed by atoms with Crippen molar-refractivity contribution >= 4 is 41.1 Å². The minimum Gasteiger partial charge on any atom is -0.353 e. The van der Waals surface area contributed by atoms with Crippen LogP contribution in [0.4, 0.5) is 5.95 Å². The molecule has 0 bridgehead atoms. The lowest BCUT2D eigenvalue weighted by Gasteiger charge is -2.30. The summed E-state index contributed by atoms with van der Waals surface area (Å²) in [6.45, 7) is 6.02. The Morgan fingerprint density at radius 1 is 1.42 bits per heavy atom. The molecular formula is C11H16Cl2N6. The Morgan fingerprint density at radius 2 is 2.16 bits per heavy atom. The second-order valence-corrected chi connectivity index (χ2v) is 5.11. The lowest BCUT2D eigenvalue weighted by atomic mass is 10.2. The predicted octanol–water partition coefficient (Wildman–Crippen LogP) is 1.87. The highest BCUT2D eigenvalue weighted by molar-refractivity contribution is 6.33. The number of nitrogens with zero attached hydrogens (tertiary/aromatic N) is 4. The third-order valence-corrected chi connectivity index (χ3v) is 3.25. The fourth-order valence-corrected chi connectivity index (χ4v) is 2.21. The highest BCUT2D eigenvalue weighted by Crippen LogP contribution is 2.28. The van der Waals surface area contributed by atoms with Gasteiger partial charge in [-0.1, -0.05) is 11.6 Å². The Hall–Kier alpha value is -1.11. The van der Waals surface area contributed by atoms with E-state index in [0.29, 0.717) is 22.8 Å². The van der Waals surface area contributed by atoms with E-state index in [9.17, 15) is 0 Å². The summed E-state index contributed by atoms with van der Waals surface area (Å²) in [5.41, 5.74) is 1.46. The summed E-state index contributed by atoms with van der Waals surface area (Å²) in [5, 5.41) is 6.99. The van der Waals surface area contributed by atoms with Gasteiger partial charge in [0.15, 0.2) is 10.8 Å². The highest BCUT2D eigenvalue weighted by atomic mass is 35.5. The van der Waals surface area contributed by atoms with Gasteiger partial charge in [-0.3, -0.25) is 4.57 Å². The molecule has 19 heavy (non-hydrogen) atoms. The Bertz CT molecular complexity index is 578. The van der Waals surface area contributed by atoms with Crippen molar-refractivity contribution in [1.82, 2.24) is 24.8 Å². The standard InChI is InChI=1S/C11H15ClN6.ClH/c1-6(2)16-11-17-8-9(12)14-5-15-10(8)18(11)7-3-13-4-7;/h5-7,13H,3-4H2,1-2H3,(H,16,17);1H. The van der Waals surface area contributed by atoms with Gasteiger partial charge >= 0.3 is 0 Å². The van der Waals surface area contributed by atoms with Crippen LogP contribution in [-0.2, 0) is 0 Å². The van der Waals surface area contributed by atoms with Crippen LogP contribution in [0.1, 0.15) is 19.9 Å². The van der Waals surface area contributed by atoms with E-state index in [1.54, 1.807) is 0 Å². The number of nitrogens with one attached hydrogen (secondary N) is 2.